The molecule has 0 bridgehead atoms. The molecule has 0 aliphatic heterocycles. The number of hydrogen-bond donors (Lipinski definition) is 0. The number of carbonyl (C=O) groups is 1. The Morgan fingerprint density at radius 3 is 1.76 bits per heavy atom. The van der Waals surface area contributed by atoms with Gasteiger partial charge in [-0.05, 0) is 6.92 Å². The molecule has 0 aliphatic carbocycles. The van der Waals surface area contributed by atoms with Crippen LogP contribution in [0.25, 0.3) is 0 Å². The fourth-order valence-corrected chi connectivity index (χ4v) is 1.11. The summed E-state index contributed by atoms with van der Waals surface area (Å²) in [6, 6.07) is 0. The summed E-state index contributed by atoms with van der Waals surface area (Å²) in [6.45, 7) is 20.7. The van der Waals surface area contributed by atoms with Crippen LogP contribution >= 0.6 is 0 Å². The lowest BCUT2D eigenvalue weighted by molar-refractivity contribution is -0.111. The minimum Gasteiger partial charge on any atom is -0.289 e. The molecule has 1 nitrogen and oxygen atoms in total. The molecule has 1 heteroatoms. The summed E-state index contributed by atoms with van der Waals surface area (Å²) in [6.07, 6.45) is 15.2. The second-order valence-electron chi connectivity index (χ2n) is 3.13. The van der Waals surface area contributed by atoms with Crippen LogP contribution in [0, 0.1) is 0 Å². The van der Waals surface area contributed by atoms with Crippen molar-refractivity contribution in [2.24, 2.45) is 0 Å². The fourth-order valence-electron chi connectivity index (χ4n) is 1.11. The Labute approximate surface area is 131 Å². The summed E-state index contributed by atoms with van der Waals surface area (Å²) in [5.41, 5.74) is 1.10. The molecule has 0 N–H and O–H groups in total. The third-order valence-electron chi connectivity index (χ3n) is 1.92. The highest BCUT2D eigenvalue weighted by molar-refractivity contribution is 6.12. The molecule has 0 amide bonds. The van der Waals surface area contributed by atoms with E-state index in [1.807, 2.05) is 40.7 Å². The molecule has 0 atom stereocenters. The van der Waals surface area contributed by atoms with Crippen molar-refractivity contribution in [2.75, 3.05) is 0 Å². The van der Waals surface area contributed by atoms with Crippen molar-refractivity contribution in [1.82, 2.24) is 0 Å². The Kier molecular flexibility index (Phi) is 23.0. The maximum Gasteiger partial charge on any atom is 0.192 e. The van der Waals surface area contributed by atoms with E-state index in [9.17, 15) is 4.79 Å². The third kappa shape index (κ3) is 12.6. The highest BCUT2D eigenvalue weighted by Gasteiger charge is 2.08. The van der Waals surface area contributed by atoms with Gasteiger partial charge in [-0.3, -0.25) is 4.79 Å². The summed E-state index contributed by atoms with van der Waals surface area (Å²) >= 11 is 0. The van der Waals surface area contributed by atoms with Crippen molar-refractivity contribution in [2.45, 2.75) is 34.6 Å². The van der Waals surface area contributed by atoms with Crippen molar-refractivity contribution in [3.05, 3.63) is 85.6 Å². The molecule has 21 heavy (non-hydrogen) atoms. The lowest BCUT2D eigenvalue weighted by atomic mass is 10.0. The van der Waals surface area contributed by atoms with Crippen LogP contribution in [-0.4, -0.2) is 5.78 Å². The zero-order chi connectivity index (χ0) is 17.1. The van der Waals surface area contributed by atoms with Crippen LogP contribution in [0.5, 0.6) is 0 Å². The van der Waals surface area contributed by atoms with Gasteiger partial charge in [0.25, 0.3) is 0 Å². The van der Waals surface area contributed by atoms with E-state index < -0.39 is 0 Å². The van der Waals surface area contributed by atoms with Crippen LogP contribution in [-0.2, 0) is 4.79 Å². The lowest BCUT2D eigenvalue weighted by Crippen LogP contribution is -2.02. The first-order valence-electron chi connectivity index (χ1n) is 7.33. The van der Waals surface area contributed by atoms with Gasteiger partial charge in [0, 0.05) is 11.1 Å². The Bertz CT molecular complexity index is 415. The maximum atomic E-state index is 12.1. The molecule has 0 saturated heterocycles. The standard InChI is InChI=1S/C16H18O.2C2H6/c1-5-9-12-14(8-4)16(17)15(11-7-3)13-10-6-2;2*1-2/h5-13H,2-4H2,1H3;2*1-2H3/b9-5-,13-10-,14-12+,15-11+;;. The van der Waals surface area contributed by atoms with E-state index in [4.69, 9.17) is 0 Å². The van der Waals surface area contributed by atoms with Crippen LogP contribution in [0.4, 0.5) is 0 Å². The number of rotatable bonds is 7. The number of carbonyl (C=O) groups excluding carboxylic acids is 1. The zero-order valence-electron chi connectivity index (χ0n) is 14.2. The normalized spacial score (nSPS) is 11.1. The first-order valence-corrected chi connectivity index (χ1v) is 7.33. The lowest BCUT2D eigenvalue weighted by Gasteiger charge is -2.01. The van der Waals surface area contributed by atoms with E-state index >= 15 is 0 Å². The molecule has 0 rings (SSSR count). The zero-order valence-corrected chi connectivity index (χ0v) is 14.2. The van der Waals surface area contributed by atoms with Crippen LogP contribution in [0.15, 0.2) is 85.6 Å². The number of hydrogen-bond acceptors (Lipinski definition) is 1. The van der Waals surface area contributed by atoms with Crippen LogP contribution < -0.4 is 0 Å². The van der Waals surface area contributed by atoms with E-state index in [0.29, 0.717) is 11.1 Å². The van der Waals surface area contributed by atoms with E-state index in [0.717, 1.165) is 0 Å². The molecule has 0 aromatic rings. The first-order chi connectivity index (χ1) is 10.2. The molecule has 0 spiro atoms. The maximum absolute atomic E-state index is 12.1. The third-order valence-corrected chi connectivity index (χ3v) is 1.92. The van der Waals surface area contributed by atoms with Gasteiger partial charge in [-0.2, -0.15) is 0 Å². The average molecular weight is 286 g/mol. The molecular weight excluding hydrogens is 256 g/mol. The van der Waals surface area contributed by atoms with Gasteiger partial charge in [0.2, 0.25) is 0 Å². The molecule has 0 radical (unpaired) electrons. The smallest absolute Gasteiger partial charge is 0.192 e. The Hall–Kier alpha value is -2.15. The molecule has 0 saturated carbocycles. The van der Waals surface area contributed by atoms with Gasteiger partial charge in [-0.1, -0.05) is 102 Å². The van der Waals surface area contributed by atoms with Crippen molar-refractivity contribution in [1.29, 1.82) is 0 Å². The Morgan fingerprint density at radius 2 is 1.38 bits per heavy atom. The van der Waals surface area contributed by atoms with Crippen molar-refractivity contribution < 1.29 is 4.79 Å². The SMILES string of the molecule is C=C/C=C\C(=C/C=C)C(=O)/C(C=C)=C/C=C\C.CC.CC. The molecule has 116 valence electrons. The topological polar surface area (TPSA) is 17.1 Å². The summed E-state index contributed by atoms with van der Waals surface area (Å²) in [5.74, 6) is -0.0869. The van der Waals surface area contributed by atoms with Crippen LogP contribution in [0.2, 0.25) is 0 Å². The number of allylic oxidation sites excluding steroid dienone is 11. The van der Waals surface area contributed by atoms with Gasteiger partial charge in [-0.15, -0.1) is 0 Å². The van der Waals surface area contributed by atoms with Crippen LogP contribution in [0.1, 0.15) is 34.6 Å². The summed E-state index contributed by atoms with van der Waals surface area (Å²) in [4.78, 5) is 12.1. The van der Waals surface area contributed by atoms with E-state index in [2.05, 4.69) is 19.7 Å². The van der Waals surface area contributed by atoms with E-state index in [-0.39, 0.29) is 5.78 Å². The molecule has 0 aromatic heterocycles. The first kappa shape index (κ1) is 23.9. The predicted molar refractivity (Wildman–Crippen MR) is 98.4 cm³/mol. The molecule has 0 unspecified atom stereocenters. The highest BCUT2D eigenvalue weighted by atomic mass is 16.1. The number of ketones is 1. The van der Waals surface area contributed by atoms with Gasteiger partial charge >= 0.3 is 0 Å². The average Bonchev–Trinajstić information content (AvgIpc) is 2.55. The van der Waals surface area contributed by atoms with Gasteiger partial charge in [0.15, 0.2) is 5.78 Å². The van der Waals surface area contributed by atoms with E-state index in [1.165, 1.54) is 0 Å². The number of Topliss-reactive ketones (excluding diaryl/α,β-unsaturated/α-hetero) is 1. The van der Waals surface area contributed by atoms with Gasteiger partial charge < -0.3 is 0 Å². The summed E-state index contributed by atoms with van der Waals surface area (Å²) < 4.78 is 0. The minimum atomic E-state index is -0.0869. The minimum absolute atomic E-state index is 0.0869. The quantitative estimate of drug-likeness (QED) is 0.405. The molecular formula is C20H30O. The Balaban J connectivity index is -0.000000739. The summed E-state index contributed by atoms with van der Waals surface area (Å²) in [7, 11) is 0. The highest BCUT2D eigenvalue weighted by Crippen LogP contribution is 2.10. The molecule has 0 fully saturated rings. The molecule has 0 aliphatic rings. The van der Waals surface area contributed by atoms with Gasteiger partial charge in [0.05, 0.1) is 0 Å². The summed E-state index contributed by atoms with van der Waals surface area (Å²) in [5, 5.41) is 0. The van der Waals surface area contributed by atoms with E-state index in [1.54, 1.807) is 48.6 Å². The molecule has 0 heterocycles. The molecule has 0 aromatic carbocycles. The van der Waals surface area contributed by atoms with Crippen LogP contribution in [0.3, 0.4) is 0 Å². The second kappa shape index (κ2) is 20.2. The predicted octanol–water partition coefficient (Wildman–Crippen LogP) is 6.15. The van der Waals surface area contributed by atoms with Crippen molar-refractivity contribution >= 4 is 5.78 Å². The fraction of sp³-hybridized carbons (Fsp3) is 0.250. The van der Waals surface area contributed by atoms with Gasteiger partial charge in [-0.25, -0.2) is 0 Å². The van der Waals surface area contributed by atoms with Gasteiger partial charge in [0.1, 0.15) is 0 Å². The monoisotopic (exact) mass is 286 g/mol. The largest absolute Gasteiger partial charge is 0.289 e. The van der Waals surface area contributed by atoms with Crippen molar-refractivity contribution in [3.63, 3.8) is 0 Å². The van der Waals surface area contributed by atoms with Crippen molar-refractivity contribution in [3.8, 4) is 0 Å². The Morgan fingerprint density at radius 1 is 0.810 bits per heavy atom. The second-order valence-corrected chi connectivity index (χ2v) is 3.13.